The number of pyridine rings is 1. The summed E-state index contributed by atoms with van der Waals surface area (Å²) in [6.45, 7) is 0.944. The topological polar surface area (TPSA) is 60.2 Å². The summed E-state index contributed by atoms with van der Waals surface area (Å²) in [7, 11) is 0. The van der Waals surface area contributed by atoms with Gasteiger partial charge in [0, 0.05) is 24.7 Å². The molecule has 2 fully saturated rings. The van der Waals surface area contributed by atoms with Crippen molar-refractivity contribution >= 4 is 5.82 Å². The zero-order chi connectivity index (χ0) is 13.2. The van der Waals surface area contributed by atoms with Crippen molar-refractivity contribution in [3.05, 3.63) is 23.9 Å². The molecule has 1 aromatic rings. The van der Waals surface area contributed by atoms with Crippen LogP contribution in [-0.2, 0) is 0 Å². The fourth-order valence-corrected chi connectivity index (χ4v) is 3.63. The van der Waals surface area contributed by atoms with E-state index in [0.717, 1.165) is 44.5 Å². The number of aliphatic hydroxyl groups is 1. The molecule has 19 heavy (non-hydrogen) atoms. The van der Waals surface area contributed by atoms with Crippen LogP contribution >= 0.6 is 0 Å². The highest BCUT2D eigenvalue weighted by Gasteiger charge is 2.39. The maximum Gasteiger partial charge on any atom is 0.146 e. The highest BCUT2D eigenvalue weighted by molar-refractivity contribution is 5.55. The normalized spacial score (nSPS) is 30.5. The summed E-state index contributed by atoms with van der Waals surface area (Å²) in [6, 6.07) is 6.20. The highest BCUT2D eigenvalue weighted by atomic mass is 16.3. The van der Waals surface area contributed by atoms with Gasteiger partial charge in [0.25, 0.3) is 0 Å². The first kappa shape index (κ1) is 12.4. The first-order valence-electron chi connectivity index (χ1n) is 7.11. The third kappa shape index (κ3) is 2.19. The number of rotatable bonds is 2. The monoisotopic (exact) mass is 257 g/mol. The van der Waals surface area contributed by atoms with Crippen molar-refractivity contribution in [2.24, 2.45) is 5.92 Å². The predicted molar refractivity (Wildman–Crippen MR) is 72.7 cm³/mol. The van der Waals surface area contributed by atoms with Gasteiger partial charge in [0.05, 0.1) is 11.7 Å². The molecule has 0 bridgehead atoms. The molecule has 1 saturated heterocycles. The van der Waals surface area contributed by atoms with Crippen LogP contribution in [0.2, 0.25) is 0 Å². The van der Waals surface area contributed by atoms with Crippen LogP contribution in [0.15, 0.2) is 18.3 Å². The molecule has 1 aromatic heterocycles. The van der Waals surface area contributed by atoms with Gasteiger partial charge in [0.1, 0.15) is 11.9 Å². The van der Waals surface area contributed by atoms with Gasteiger partial charge in [-0.1, -0.05) is 6.42 Å². The lowest BCUT2D eigenvalue weighted by atomic mass is 9.94. The summed E-state index contributed by atoms with van der Waals surface area (Å²) >= 11 is 0. The molecule has 0 amide bonds. The Labute approximate surface area is 113 Å². The molecular formula is C15H19N3O. The summed E-state index contributed by atoms with van der Waals surface area (Å²) in [5.41, 5.74) is 0.641. The van der Waals surface area contributed by atoms with E-state index < -0.39 is 0 Å². The van der Waals surface area contributed by atoms with Crippen LogP contribution in [0.4, 0.5) is 5.82 Å². The summed E-state index contributed by atoms with van der Waals surface area (Å²) in [6.07, 6.45) is 6.91. The van der Waals surface area contributed by atoms with Crippen molar-refractivity contribution in [2.45, 2.75) is 44.2 Å². The molecule has 1 aliphatic heterocycles. The van der Waals surface area contributed by atoms with E-state index in [0.29, 0.717) is 17.5 Å². The Bertz CT molecular complexity index is 496. The number of aromatic nitrogens is 1. The second kappa shape index (κ2) is 5.18. The highest BCUT2D eigenvalue weighted by Crippen LogP contribution is 2.38. The van der Waals surface area contributed by atoms with E-state index >= 15 is 0 Å². The van der Waals surface area contributed by atoms with Crippen LogP contribution in [-0.4, -0.2) is 28.8 Å². The molecule has 100 valence electrons. The maximum atomic E-state index is 10.1. The lowest BCUT2D eigenvalue weighted by Crippen LogP contribution is -2.39. The minimum absolute atomic E-state index is 0.181. The van der Waals surface area contributed by atoms with Crippen molar-refractivity contribution in [3.63, 3.8) is 0 Å². The quantitative estimate of drug-likeness (QED) is 0.881. The second-order valence-electron chi connectivity index (χ2n) is 5.55. The van der Waals surface area contributed by atoms with Crippen molar-refractivity contribution in [1.29, 1.82) is 5.26 Å². The number of nitrogens with zero attached hydrogens (tertiary/aromatic N) is 3. The van der Waals surface area contributed by atoms with Gasteiger partial charge in [-0.2, -0.15) is 5.26 Å². The Morgan fingerprint density at radius 3 is 2.95 bits per heavy atom. The van der Waals surface area contributed by atoms with Crippen molar-refractivity contribution in [1.82, 2.24) is 4.98 Å². The lowest BCUT2D eigenvalue weighted by Gasteiger charge is -2.32. The van der Waals surface area contributed by atoms with Gasteiger partial charge in [0.15, 0.2) is 0 Å². The van der Waals surface area contributed by atoms with E-state index in [1.54, 1.807) is 12.3 Å². The fraction of sp³-hybridized carbons (Fsp3) is 0.600. The number of hydrogen-bond donors (Lipinski definition) is 1. The molecule has 0 spiro atoms. The standard InChI is InChI=1S/C15H19N3O/c16-10-11-4-2-8-17-15(11)18-9-3-6-13(18)12-5-1-7-14(12)19/h2,4,8,12-14,19H,1,3,5-7,9H2. The molecule has 0 radical (unpaired) electrons. The largest absolute Gasteiger partial charge is 0.393 e. The van der Waals surface area contributed by atoms with Crippen molar-refractivity contribution in [2.75, 3.05) is 11.4 Å². The van der Waals surface area contributed by atoms with Crippen LogP contribution in [0.1, 0.15) is 37.7 Å². The Morgan fingerprint density at radius 2 is 2.21 bits per heavy atom. The number of aliphatic hydroxyl groups excluding tert-OH is 1. The first-order chi connectivity index (χ1) is 9.31. The van der Waals surface area contributed by atoms with Gasteiger partial charge < -0.3 is 10.0 Å². The van der Waals surface area contributed by atoms with Gasteiger partial charge >= 0.3 is 0 Å². The van der Waals surface area contributed by atoms with Gasteiger partial charge in [0.2, 0.25) is 0 Å². The van der Waals surface area contributed by atoms with E-state index in [1.165, 1.54) is 0 Å². The van der Waals surface area contributed by atoms with Gasteiger partial charge in [-0.15, -0.1) is 0 Å². The molecule has 4 nitrogen and oxygen atoms in total. The number of nitriles is 1. The van der Waals surface area contributed by atoms with Crippen LogP contribution in [0.25, 0.3) is 0 Å². The molecule has 3 rings (SSSR count). The SMILES string of the molecule is N#Cc1cccnc1N1CCCC1C1CCCC1O. The van der Waals surface area contributed by atoms with Gasteiger partial charge in [-0.3, -0.25) is 0 Å². The van der Waals surface area contributed by atoms with Crippen LogP contribution in [0, 0.1) is 17.2 Å². The van der Waals surface area contributed by atoms with E-state index in [1.807, 2.05) is 6.07 Å². The third-order valence-electron chi connectivity index (χ3n) is 4.50. The molecule has 2 heterocycles. The second-order valence-corrected chi connectivity index (χ2v) is 5.55. The van der Waals surface area contributed by atoms with Crippen molar-refractivity contribution in [3.8, 4) is 6.07 Å². The number of anilines is 1. The van der Waals surface area contributed by atoms with E-state index in [4.69, 9.17) is 0 Å². The summed E-state index contributed by atoms with van der Waals surface area (Å²) < 4.78 is 0. The summed E-state index contributed by atoms with van der Waals surface area (Å²) in [4.78, 5) is 6.65. The Balaban J connectivity index is 1.89. The average Bonchev–Trinajstić information content (AvgIpc) is 3.06. The van der Waals surface area contributed by atoms with Crippen LogP contribution in [0.5, 0.6) is 0 Å². The van der Waals surface area contributed by atoms with E-state index in [9.17, 15) is 10.4 Å². The van der Waals surface area contributed by atoms with E-state index in [-0.39, 0.29) is 6.10 Å². The summed E-state index contributed by atoms with van der Waals surface area (Å²) in [5, 5.41) is 19.3. The zero-order valence-electron chi connectivity index (χ0n) is 11.0. The molecule has 1 saturated carbocycles. The molecule has 2 aliphatic rings. The van der Waals surface area contributed by atoms with Gasteiger partial charge in [-0.05, 0) is 37.8 Å². The third-order valence-corrected chi connectivity index (χ3v) is 4.50. The van der Waals surface area contributed by atoms with Crippen LogP contribution in [0.3, 0.4) is 0 Å². The minimum Gasteiger partial charge on any atom is -0.393 e. The predicted octanol–water partition coefficient (Wildman–Crippen LogP) is 2.08. The smallest absolute Gasteiger partial charge is 0.146 e. The average molecular weight is 257 g/mol. The fourth-order valence-electron chi connectivity index (χ4n) is 3.63. The number of hydrogen-bond acceptors (Lipinski definition) is 4. The molecule has 3 unspecified atom stereocenters. The Kier molecular flexibility index (Phi) is 3.39. The molecule has 3 atom stereocenters. The minimum atomic E-state index is -0.181. The maximum absolute atomic E-state index is 10.1. The van der Waals surface area contributed by atoms with Gasteiger partial charge in [-0.25, -0.2) is 4.98 Å². The van der Waals surface area contributed by atoms with Crippen molar-refractivity contribution < 1.29 is 5.11 Å². The van der Waals surface area contributed by atoms with E-state index in [2.05, 4.69) is 16.0 Å². The molecular weight excluding hydrogens is 238 g/mol. The first-order valence-corrected chi connectivity index (χ1v) is 7.11. The zero-order valence-corrected chi connectivity index (χ0v) is 11.0. The lowest BCUT2D eigenvalue weighted by molar-refractivity contribution is 0.118. The molecule has 4 heteroatoms. The molecule has 1 aliphatic carbocycles. The van der Waals surface area contributed by atoms with Crippen LogP contribution < -0.4 is 4.90 Å². The molecule has 1 N–H and O–H groups in total. The Hall–Kier alpha value is -1.60. The Morgan fingerprint density at radius 1 is 1.32 bits per heavy atom. The molecule has 0 aromatic carbocycles. The summed E-state index contributed by atoms with van der Waals surface area (Å²) in [5.74, 6) is 1.14.